The van der Waals surface area contributed by atoms with Gasteiger partial charge in [0.25, 0.3) is 0 Å². The summed E-state index contributed by atoms with van der Waals surface area (Å²) in [7, 11) is 1.70. The first-order valence-corrected chi connectivity index (χ1v) is 5.49. The van der Waals surface area contributed by atoms with Crippen LogP contribution in [0.15, 0.2) is 0 Å². The van der Waals surface area contributed by atoms with Crippen LogP contribution in [-0.2, 0) is 4.74 Å². The molecular weight excluding hydrogens is 196 g/mol. The summed E-state index contributed by atoms with van der Waals surface area (Å²) in [6.07, 6.45) is 0. The van der Waals surface area contributed by atoms with Gasteiger partial charge in [0.15, 0.2) is 5.11 Å². The van der Waals surface area contributed by atoms with Gasteiger partial charge in [-0.05, 0) is 39.9 Å². The molecule has 0 saturated heterocycles. The van der Waals surface area contributed by atoms with Gasteiger partial charge in [0, 0.05) is 25.7 Å². The van der Waals surface area contributed by atoms with Crippen LogP contribution in [0.4, 0.5) is 0 Å². The minimum absolute atomic E-state index is 0.264. The first-order chi connectivity index (χ1) is 6.52. The second kappa shape index (κ2) is 7.01. The van der Waals surface area contributed by atoms with E-state index in [0.29, 0.717) is 12.6 Å². The zero-order valence-corrected chi connectivity index (χ0v) is 10.6. The van der Waals surface area contributed by atoms with E-state index < -0.39 is 0 Å². The van der Waals surface area contributed by atoms with Crippen molar-refractivity contribution in [2.24, 2.45) is 0 Å². The molecule has 14 heavy (non-hydrogen) atoms. The van der Waals surface area contributed by atoms with Crippen LogP contribution in [0.2, 0.25) is 0 Å². The lowest BCUT2D eigenvalue weighted by Gasteiger charge is -2.30. The molecule has 0 aliphatic carbocycles. The van der Waals surface area contributed by atoms with Gasteiger partial charge in [-0.25, -0.2) is 0 Å². The fourth-order valence-electron chi connectivity index (χ4n) is 1.33. The van der Waals surface area contributed by atoms with E-state index >= 15 is 0 Å². The van der Waals surface area contributed by atoms with Crippen LogP contribution in [-0.4, -0.2) is 42.4 Å². The summed E-state index contributed by atoms with van der Waals surface area (Å²) in [6, 6.07) is 0.704. The zero-order chi connectivity index (χ0) is 11.1. The normalized spacial score (nSPS) is 12.7. The molecule has 0 aromatic rings. The summed E-state index contributed by atoms with van der Waals surface area (Å²) >= 11 is 5.30. The van der Waals surface area contributed by atoms with E-state index in [1.807, 2.05) is 0 Å². The van der Waals surface area contributed by atoms with Gasteiger partial charge in [0.2, 0.25) is 0 Å². The second-order valence-corrected chi connectivity index (χ2v) is 4.07. The molecule has 4 heteroatoms. The standard InChI is InChI=1S/C10H22N2OS/c1-6-12(8(2)3)10(14)11-9(4)7-13-5/h8-9H,6-7H2,1-5H3,(H,11,14). The van der Waals surface area contributed by atoms with Crippen LogP contribution in [0.3, 0.4) is 0 Å². The van der Waals surface area contributed by atoms with Crippen LogP contribution in [0.1, 0.15) is 27.7 Å². The van der Waals surface area contributed by atoms with E-state index in [1.165, 1.54) is 0 Å². The third kappa shape index (κ3) is 4.77. The molecule has 84 valence electrons. The van der Waals surface area contributed by atoms with Crippen molar-refractivity contribution in [3.8, 4) is 0 Å². The largest absolute Gasteiger partial charge is 0.383 e. The molecule has 3 nitrogen and oxygen atoms in total. The van der Waals surface area contributed by atoms with Crippen molar-refractivity contribution in [1.82, 2.24) is 10.2 Å². The van der Waals surface area contributed by atoms with Crippen LogP contribution in [0.5, 0.6) is 0 Å². The van der Waals surface area contributed by atoms with Gasteiger partial charge in [-0.2, -0.15) is 0 Å². The molecule has 0 aromatic heterocycles. The van der Waals surface area contributed by atoms with E-state index in [4.69, 9.17) is 17.0 Å². The van der Waals surface area contributed by atoms with Crippen molar-refractivity contribution in [3.63, 3.8) is 0 Å². The molecule has 0 spiro atoms. The average molecular weight is 218 g/mol. The molecule has 0 amide bonds. The lowest BCUT2D eigenvalue weighted by atomic mass is 10.3. The molecular formula is C10H22N2OS. The molecule has 0 rings (SSSR count). The molecule has 0 bridgehead atoms. The minimum Gasteiger partial charge on any atom is -0.383 e. The summed E-state index contributed by atoms with van der Waals surface area (Å²) in [5.41, 5.74) is 0. The predicted molar refractivity (Wildman–Crippen MR) is 64.6 cm³/mol. The lowest BCUT2D eigenvalue weighted by molar-refractivity contribution is 0.177. The third-order valence-electron chi connectivity index (χ3n) is 2.01. The molecule has 1 N–H and O–H groups in total. The van der Waals surface area contributed by atoms with Crippen LogP contribution < -0.4 is 5.32 Å². The number of hydrogen-bond acceptors (Lipinski definition) is 2. The highest BCUT2D eigenvalue weighted by Gasteiger charge is 2.12. The summed E-state index contributed by atoms with van der Waals surface area (Å²) in [5.74, 6) is 0. The Morgan fingerprint density at radius 2 is 2.00 bits per heavy atom. The highest BCUT2D eigenvalue weighted by molar-refractivity contribution is 7.80. The maximum absolute atomic E-state index is 5.30. The van der Waals surface area contributed by atoms with E-state index in [2.05, 4.69) is 37.9 Å². The fourth-order valence-corrected chi connectivity index (χ4v) is 1.87. The molecule has 1 unspecified atom stereocenters. The Morgan fingerprint density at radius 1 is 1.43 bits per heavy atom. The van der Waals surface area contributed by atoms with Crippen molar-refractivity contribution >= 4 is 17.3 Å². The Labute approximate surface area is 92.8 Å². The number of thiocarbonyl (C=S) groups is 1. The maximum atomic E-state index is 5.30. The summed E-state index contributed by atoms with van der Waals surface area (Å²) in [6.45, 7) is 10.1. The summed E-state index contributed by atoms with van der Waals surface area (Å²) < 4.78 is 5.04. The number of ether oxygens (including phenoxy) is 1. The van der Waals surface area contributed by atoms with E-state index in [9.17, 15) is 0 Å². The number of methoxy groups -OCH3 is 1. The Kier molecular flexibility index (Phi) is 6.83. The third-order valence-corrected chi connectivity index (χ3v) is 2.36. The molecule has 1 atom stereocenters. The molecule has 0 radical (unpaired) electrons. The van der Waals surface area contributed by atoms with E-state index in [1.54, 1.807) is 7.11 Å². The Balaban J connectivity index is 4.04. The van der Waals surface area contributed by atoms with Gasteiger partial charge in [0.1, 0.15) is 0 Å². The van der Waals surface area contributed by atoms with Gasteiger partial charge in [0.05, 0.1) is 6.61 Å². The van der Waals surface area contributed by atoms with Crippen molar-refractivity contribution in [3.05, 3.63) is 0 Å². The zero-order valence-electron chi connectivity index (χ0n) is 9.83. The van der Waals surface area contributed by atoms with Crippen LogP contribution >= 0.6 is 12.2 Å². The Bertz CT molecular complexity index is 174. The lowest BCUT2D eigenvalue weighted by Crippen LogP contribution is -2.47. The quantitative estimate of drug-likeness (QED) is 0.709. The van der Waals surface area contributed by atoms with Crippen molar-refractivity contribution in [2.75, 3.05) is 20.3 Å². The number of rotatable bonds is 5. The SMILES string of the molecule is CCN(C(=S)NC(C)COC)C(C)C. The van der Waals surface area contributed by atoms with E-state index in [-0.39, 0.29) is 6.04 Å². The average Bonchev–Trinajstić information content (AvgIpc) is 2.04. The second-order valence-electron chi connectivity index (χ2n) is 3.69. The van der Waals surface area contributed by atoms with Gasteiger partial charge < -0.3 is 15.0 Å². The number of hydrogen-bond donors (Lipinski definition) is 1. The van der Waals surface area contributed by atoms with Gasteiger partial charge >= 0.3 is 0 Å². The fraction of sp³-hybridized carbons (Fsp3) is 0.900. The highest BCUT2D eigenvalue weighted by Crippen LogP contribution is 1.99. The molecule has 0 aliphatic heterocycles. The minimum atomic E-state index is 0.264. The number of nitrogens with zero attached hydrogens (tertiary/aromatic N) is 1. The smallest absolute Gasteiger partial charge is 0.169 e. The molecule has 0 fully saturated rings. The molecule has 0 saturated carbocycles. The van der Waals surface area contributed by atoms with Crippen molar-refractivity contribution in [1.29, 1.82) is 0 Å². The van der Waals surface area contributed by atoms with Gasteiger partial charge in [-0.15, -0.1) is 0 Å². The molecule has 0 aromatic carbocycles. The summed E-state index contributed by atoms with van der Waals surface area (Å²) in [5, 5.41) is 4.06. The maximum Gasteiger partial charge on any atom is 0.169 e. The topological polar surface area (TPSA) is 24.5 Å². The molecule has 0 heterocycles. The predicted octanol–water partition coefficient (Wildman–Crippen LogP) is 1.63. The Morgan fingerprint density at radius 3 is 2.36 bits per heavy atom. The van der Waals surface area contributed by atoms with Crippen molar-refractivity contribution in [2.45, 2.75) is 39.8 Å². The highest BCUT2D eigenvalue weighted by atomic mass is 32.1. The first kappa shape index (κ1) is 13.7. The van der Waals surface area contributed by atoms with E-state index in [0.717, 1.165) is 11.7 Å². The van der Waals surface area contributed by atoms with Gasteiger partial charge in [-0.3, -0.25) is 0 Å². The summed E-state index contributed by atoms with van der Waals surface area (Å²) in [4.78, 5) is 2.15. The van der Waals surface area contributed by atoms with Crippen LogP contribution in [0.25, 0.3) is 0 Å². The monoisotopic (exact) mass is 218 g/mol. The van der Waals surface area contributed by atoms with Crippen molar-refractivity contribution < 1.29 is 4.74 Å². The van der Waals surface area contributed by atoms with Gasteiger partial charge in [-0.1, -0.05) is 0 Å². The first-order valence-electron chi connectivity index (χ1n) is 5.09. The molecule has 0 aliphatic rings. The number of nitrogens with one attached hydrogen (secondary N) is 1. The van der Waals surface area contributed by atoms with Crippen LogP contribution in [0, 0.1) is 0 Å². The Hall–Kier alpha value is -0.350.